The first kappa shape index (κ1) is 8.24. The predicted octanol–water partition coefficient (Wildman–Crippen LogP) is 1.65. The molecule has 3 heteroatoms. The van der Waals surface area contributed by atoms with Gasteiger partial charge in [-0.1, -0.05) is 0 Å². The average Bonchev–Trinajstić information content (AvgIpc) is 2.87. The number of rotatable bonds is 1. The van der Waals surface area contributed by atoms with Crippen molar-refractivity contribution in [1.29, 1.82) is 0 Å². The van der Waals surface area contributed by atoms with Crippen LogP contribution >= 0.6 is 0 Å². The highest BCUT2D eigenvalue weighted by molar-refractivity contribution is 6.00. The molecule has 1 unspecified atom stereocenters. The minimum absolute atomic E-state index is 0.0504. The molecule has 1 heterocycles. The lowest BCUT2D eigenvalue weighted by molar-refractivity contribution is 0.0837. The number of hydrogen-bond donors (Lipinski definition) is 1. The van der Waals surface area contributed by atoms with Crippen LogP contribution < -0.4 is 0 Å². The Morgan fingerprint density at radius 1 is 1.36 bits per heavy atom. The van der Waals surface area contributed by atoms with Crippen molar-refractivity contribution in [3.8, 4) is 0 Å². The monoisotopic (exact) mass is 192 g/mol. The average molecular weight is 192 g/mol. The highest BCUT2D eigenvalue weighted by Gasteiger charge is 2.35. The minimum atomic E-state index is -0.548. The molecule has 0 spiro atoms. The molecule has 0 aliphatic heterocycles. The molecule has 1 atom stereocenters. The molecular formula is C11H12O3. The molecule has 0 radical (unpaired) electrons. The van der Waals surface area contributed by atoms with Gasteiger partial charge in [0.15, 0.2) is 5.78 Å². The van der Waals surface area contributed by atoms with Gasteiger partial charge in [-0.25, -0.2) is 0 Å². The Hall–Kier alpha value is -1.09. The third-order valence-electron chi connectivity index (χ3n) is 3.03. The van der Waals surface area contributed by atoms with Crippen molar-refractivity contribution in [2.75, 3.05) is 0 Å². The summed E-state index contributed by atoms with van der Waals surface area (Å²) in [5.74, 6) is 1.28. The van der Waals surface area contributed by atoms with E-state index in [-0.39, 0.29) is 12.2 Å². The molecule has 0 saturated heterocycles. The molecule has 1 aromatic heterocycles. The summed E-state index contributed by atoms with van der Waals surface area (Å²) >= 11 is 0. The Balaban J connectivity index is 2.07. The molecule has 74 valence electrons. The second kappa shape index (κ2) is 2.70. The number of furan rings is 1. The summed E-state index contributed by atoms with van der Waals surface area (Å²) in [6.45, 7) is 0. The molecule has 2 aliphatic carbocycles. The fourth-order valence-corrected chi connectivity index (χ4v) is 2.18. The van der Waals surface area contributed by atoms with Gasteiger partial charge in [0.1, 0.15) is 5.76 Å². The SMILES string of the molecule is O=C1CC(O)Cc2occ(C3CC3)c21. The summed E-state index contributed by atoms with van der Waals surface area (Å²) in [7, 11) is 0. The summed E-state index contributed by atoms with van der Waals surface area (Å²) in [6.07, 6.45) is 4.25. The third-order valence-corrected chi connectivity index (χ3v) is 3.03. The van der Waals surface area contributed by atoms with E-state index in [9.17, 15) is 9.90 Å². The van der Waals surface area contributed by atoms with E-state index < -0.39 is 6.10 Å². The van der Waals surface area contributed by atoms with Gasteiger partial charge in [-0.15, -0.1) is 0 Å². The highest BCUT2D eigenvalue weighted by Crippen LogP contribution is 2.44. The van der Waals surface area contributed by atoms with Gasteiger partial charge < -0.3 is 9.52 Å². The molecule has 0 aromatic carbocycles. The van der Waals surface area contributed by atoms with Crippen molar-refractivity contribution in [1.82, 2.24) is 0 Å². The molecule has 1 N–H and O–H groups in total. The summed E-state index contributed by atoms with van der Waals surface area (Å²) in [5, 5.41) is 9.41. The Morgan fingerprint density at radius 2 is 2.14 bits per heavy atom. The van der Waals surface area contributed by atoms with Crippen molar-refractivity contribution < 1.29 is 14.3 Å². The van der Waals surface area contributed by atoms with Crippen molar-refractivity contribution >= 4 is 5.78 Å². The van der Waals surface area contributed by atoms with E-state index in [1.54, 1.807) is 6.26 Å². The highest BCUT2D eigenvalue weighted by atomic mass is 16.3. The van der Waals surface area contributed by atoms with Crippen molar-refractivity contribution in [3.63, 3.8) is 0 Å². The van der Waals surface area contributed by atoms with Crippen LogP contribution in [0.2, 0.25) is 0 Å². The smallest absolute Gasteiger partial charge is 0.169 e. The fourth-order valence-electron chi connectivity index (χ4n) is 2.18. The minimum Gasteiger partial charge on any atom is -0.468 e. The molecule has 1 aromatic rings. The molecule has 14 heavy (non-hydrogen) atoms. The molecule has 2 aliphatic rings. The maximum absolute atomic E-state index is 11.7. The maximum atomic E-state index is 11.7. The summed E-state index contributed by atoms with van der Waals surface area (Å²) in [6, 6.07) is 0. The number of aliphatic hydroxyl groups is 1. The lowest BCUT2D eigenvalue weighted by atomic mass is 9.91. The van der Waals surface area contributed by atoms with Crippen molar-refractivity contribution in [2.45, 2.75) is 37.7 Å². The Kier molecular flexibility index (Phi) is 1.59. The van der Waals surface area contributed by atoms with Crippen LogP contribution in [0.5, 0.6) is 0 Å². The first-order valence-corrected chi connectivity index (χ1v) is 5.07. The number of carbonyl (C=O) groups is 1. The summed E-state index contributed by atoms with van der Waals surface area (Å²) in [5.41, 5.74) is 1.86. The number of carbonyl (C=O) groups excluding carboxylic acids is 1. The second-order valence-electron chi connectivity index (χ2n) is 4.25. The van der Waals surface area contributed by atoms with E-state index in [0.717, 1.165) is 11.1 Å². The zero-order valence-electron chi connectivity index (χ0n) is 7.82. The number of hydrogen-bond acceptors (Lipinski definition) is 3. The molecule has 3 rings (SSSR count). The van der Waals surface area contributed by atoms with E-state index in [0.29, 0.717) is 18.1 Å². The summed E-state index contributed by atoms with van der Waals surface area (Å²) < 4.78 is 5.35. The summed E-state index contributed by atoms with van der Waals surface area (Å²) in [4.78, 5) is 11.7. The largest absolute Gasteiger partial charge is 0.468 e. The Morgan fingerprint density at radius 3 is 2.86 bits per heavy atom. The lowest BCUT2D eigenvalue weighted by Gasteiger charge is -2.15. The normalized spacial score (nSPS) is 26.4. The predicted molar refractivity (Wildman–Crippen MR) is 49.3 cm³/mol. The number of aliphatic hydroxyl groups excluding tert-OH is 1. The zero-order chi connectivity index (χ0) is 9.71. The Bertz CT molecular complexity index is 387. The molecule has 1 fully saturated rings. The third kappa shape index (κ3) is 1.12. The first-order valence-electron chi connectivity index (χ1n) is 5.07. The molecule has 1 saturated carbocycles. The number of fused-ring (bicyclic) bond motifs is 1. The van der Waals surface area contributed by atoms with Gasteiger partial charge in [-0.2, -0.15) is 0 Å². The number of ketones is 1. The lowest BCUT2D eigenvalue weighted by Crippen LogP contribution is -2.23. The van der Waals surface area contributed by atoms with E-state index in [1.807, 2.05) is 0 Å². The van der Waals surface area contributed by atoms with Crippen LogP contribution in [-0.4, -0.2) is 17.0 Å². The van der Waals surface area contributed by atoms with Crippen LogP contribution in [0.25, 0.3) is 0 Å². The van der Waals surface area contributed by atoms with Crippen molar-refractivity contribution in [2.24, 2.45) is 0 Å². The first-order chi connectivity index (χ1) is 6.75. The van der Waals surface area contributed by atoms with Gasteiger partial charge in [-0.05, 0) is 18.8 Å². The van der Waals surface area contributed by atoms with Gasteiger partial charge in [-0.3, -0.25) is 4.79 Å². The number of Topliss-reactive ketones (excluding diaryl/α,β-unsaturated/α-hetero) is 1. The molecule has 3 nitrogen and oxygen atoms in total. The van der Waals surface area contributed by atoms with Crippen LogP contribution in [0, 0.1) is 0 Å². The van der Waals surface area contributed by atoms with Gasteiger partial charge in [0, 0.05) is 18.4 Å². The van der Waals surface area contributed by atoms with Crippen LogP contribution in [0.3, 0.4) is 0 Å². The molecule has 0 amide bonds. The van der Waals surface area contributed by atoms with E-state index >= 15 is 0 Å². The van der Waals surface area contributed by atoms with E-state index in [4.69, 9.17) is 4.42 Å². The van der Waals surface area contributed by atoms with Gasteiger partial charge >= 0.3 is 0 Å². The second-order valence-corrected chi connectivity index (χ2v) is 4.25. The Labute approximate surface area is 81.7 Å². The van der Waals surface area contributed by atoms with Crippen LogP contribution in [0.4, 0.5) is 0 Å². The van der Waals surface area contributed by atoms with E-state index in [1.165, 1.54) is 12.8 Å². The topological polar surface area (TPSA) is 50.4 Å². The van der Waals surface area contributed by atoms with Gasteiger partial charge in [0.2, 0.25) is 0 Å². The zero-order valence-corrected chi connectivity index (χ0v) is 7.82. The molecular weight excluding hydrogens is 180 g/mol. The fraction of sp³-hybridized carbons (Fsp3) is 0.545. The van der Waals surface area contributed by atoms with Crippen LogP contribution in [-0.2, 0) is 6.42 Å². The van der Waals surface area contributed by atoms with E-state index in [2.05, 4.69) is 0 Å². The molecule has 0 bridgehead atoms. The maximum Gasteiger partial charge on any atom is 0.169 e. The van der Waals surface area contributed by atoms with Gasteiger partial charge in [0.05, 0.1) is 17.9 Å². The quantitative estimate of drug-likeness (QED) is 0.736. The van der Waals surface area contributed by atoms with Crippen molar-refractivity contribution in [3.05, 3.63) is 23.2 Å². The standard InChI is InChI=1S/C11H12O3/c12-7-3-9(13)11-8(6-1-2-6)5-14-10(11)4-7/h5-7,12H,1-4H2. The van der Waals surface area contributed by atoms with Crippen LogP contribution in [0.15, 0.2) is 10.7 Å². The van der Waals surface area contributed by atoms with Gasteiger partial charge in [0.25, 0.3) is 0 Å². The van der Waals surface area contributed by atoms with Crippen LogP contribution in [0.1, 0.15) is 46.9 Å².